The zero-order valence-electron chi connectivity index (χ0n) is 7.44. The van der Waals surface area contributed by atoms with Gasteiger partial charge in [-0.05, 0) is 18.2 Å². The molecule has 0 aliphatic carbocycles. The molecule has 0 bridgehead atoms. The van der Waals surface area contributed by atoms with Crippen LogP contribution in [0.2, 0.25) is 0 Å². The molecule has 3 heteroatoms. The lowest BCUT2D eigenvalue weighted by atomic mass is 10.2. The number of hydrogen-bond donors (Lipinski definition) is 0. The third-order valence-corrected chi connectivity index (χ3v) is 1.42. The van der Waals surface area contributed by atoms with Crippen molar-refractivity contribution in [3.63, 3.8) is 0 Å². The van der Waals surface area contributed by atoms with E-state index in [1.165, 1.54) is 6.08 Å². The topological polar surface area (TPSA) is 26.3 Å². The first-order valence-corrected chi connectivity index (χ1v) is 3.98. The first kappa shape index (κ1) is 10.2. The summed E-state index contributed by atoms with van der Waals surface area (Å²) in [7, 11) is 0. The van der Waals surface area contributed by atoms with Gasteiger partial charge in [0.15, 0.2) is 0 Å². The maximum absolute atomic E-state index is 12.0. The molecule has 0 aliphatic heterocycles. The molecule has 0 N–H and O–H groups in total. The Bertz CT molecular complexity index is 355. The molecule has 0 amide bonds. The predicted molar refractivity (Wildman–Crippen MR) is 51.8 cm³/mol. The van der Waals surface area contributed by atoms with Crippen molar-refractivity contribution in [3.05, 3.63) is 54.6 Å². The van der Waals surface area contributed by atoms with Crippen molar-refractivity contribution in [2.45, 2.75) is 0 Å². The first-order chi connectivity index (χ1) is 6.68. The maximum Gasteiger partial charge on any atom is 0.338 e. The number of carbonyl (C=O) groups excluding carboxylic acids is 1. The lowest BCUT2D eigenvalue weighted by Gasteiger charge is -1.94. The molecular weight excluding hydrogens is 183 g/mol. The summed E-state index contributed by atoms with van der Waals surface area (Å²) in [6, 6.07) is 8.05. The number of benzene rings is 1. The number of ether oxygens (including phenoxy) is 1. The molecule has 0 saturated carbocycles. The minimum Gasteiger partial charge on any atom is -0.396 e. The third-order valence-electron chi connectivity index (χ3n) is 1.42. The number of esters is 1. The Hall–Kier alpha value is -1.90. The second kappa shape index (κ2) is 4.97. The van der Waals surface area contributed by atoms with Crippen LogP contribution in [0.15, 0.2) is 49.0 Å². The molecule has 1 aromatic rings. The van der Waals surface area contributed by atoms with Crippen molar-refractivity contribution >= 4 is 12.0 Å². The fourth-order valence-corrected chi connectivity index (χ4v) is 0.872. The van der Waals surface area contributed by atoms with Crippen LogP contribution in [0.25, 0.3) is 6.08 Å². The van der Waals surface area contributed by atoms with Crippen LogP contribution < -0.4 is 0 Å². The van der Waals surface area contributed by atoms with Gasteiger partial charge in [0, 0.05) is 6.08 Å². The molecule has 0 spiro atoms. The van der Waals surface area contributed by atoms with E-state index < -0.39 is 12.0 Å². The Morgan fingerprint density at radius 3 is 2.57 bits per heavy atom. The lowest BCUT2D eigenvalue weighted by Crippen LogP contribution is -1.95. The van der Waals surface area contributed by atoms with Crippen LogP contribution in [0.5, 0.6) is 0 Å². The van der Waals surface area contributed by atoms with Crippen molar-refractivity contribution in [2.75, 3.05) is 0 Å². The van der Waals surface area contributed by atoms with Crippen molar-refractivity contribution in [1.29, 1.82) is 0 Å². The van der Waals surface area contributed by atoms with Gasteiger partial charge >= 0.3 is 5.97 Å². The average molecular weight is 192 g/mol. The average Bonchev–Trinajstić information content (AvgIpc) is 2.15. The summed E-state index contributed by atoms with van der Waals surface area (Å²) < 4.78 is 16.1. The van der Waals surface area contributed by atoms with E-state index in [0.29, 0.717) is 0 Å². The van der Waals surface area contributed by atoms with E-state index in [9.17, 15) is 9.18 Å². The highest BCUT2D eigenvalue weighted by molar-refractivity contribution is 5.87. The van der Waals surface area contributed by atoms with Gasteiger partial charge in [-0.3, -0.25) is 0 Å². The molecule has 0 unspecified atom stereocenters. The van der Waals surface area contributed by atoms with Crippen molar-refractivity contribution in [3.8, 4) is 0 Å². The second-order valence-electron chi connectivity index (χ2n) is 2.52. The third kappa shape index (κ3) is 3.67. The molecule has 2 nitrogen and oxygen atoms in total. The number of halogens is 1. The van der Waals surface area contributed by atoms with Crippen molar-refractivity contribution in [1.82, 2.24) is 0 Å². The Morgan fingerprint density at radius 1 is 1.36 bits per heavy atom. The fourth-order valence-electron chi connectivity index (χ4n) is 0.872. The Kier molecular flexibility index (Phi) is 3.61. The SMILES string of the molecule is C=C(F)OC(=O)/C=C/c1ccccc1. The van der Waals surface area contributed by atoms with E-state index in [0.717, 1.165) is 11.6 Å². The Balaban J connectivity index is 2.56. The van der Waals surface area contributed by atoms with Crippen LogP contribution in [0.1, 0.15) is 5.56 Å². The normalized spacial score (nSPS) is 10.1. The highest BCUT2D eigenvalue weighted by Gasteiger charge is 1.98. The fraction of sp³-hybridized carbons (Fsp3) is 0. The summed E-state index contributed by atoms with van der Waals surface area (Å²) in [6.45, 7) is 2.81. The molecule has 0 radical (unpaired) electrons. The van der Waals surface area contributed by atoms with Crippen LogP contribution in [0.3, 0.4) is 0 Å². The summed E-state index contributed by atoms with van der Waals surface area (Å²) in [4.78, 5) is 10.8. The van der Waals surface area contributed by atoms with Crippen LogP contribution in [0.4, 0.5) is 4.39 Å². The van der Waals surface area contributed by atoms with Gasteiger partial charge in [0.05, 0.1) is 0 Å². The highest BCUT2D eigenvalue weighted by Crippen LogP contribution is 2.02. The van der Waals surface area contributed by atoms with Gasteiger partial charge < -0.3 is 4.74 Å². The minimum atomic E-state index is -1.10. The van der Waals surface area contributed by atoms with Crippen LogP contribution in [0, 0.1) is 0 Å². The van der Waals surface area contributed by atoms with Crippen LogP contribution >= 0.6 is 0 Å². The lowest BCUT2D eigenvalue weighted by molar-refractivity contribution is -0.135. The quantitative estimate of drug-likeness (QED) is 0.418. The largest absolute Gasteiger partial charge is 0.396 e. The summed E-state index contributed by atoms with van der Waals surface area (Å²) in [5.41, 5.74) is 0.842. The van der Waals surface area contributed by atoms with Crippen molar-refractivity contribution in [2.24, 2.45) is 0 Å². The second-order valence-corrected chi connectivity index (χ2v) is 2.52. The molecule has 0 heterocycles. The Morgan fingerprint density at radius 2 is 2.00 bits per heavy atom. The zero-order valence-corrected chi connectivity index (χ0v) is 7.44. The molecule has 1 aromatic carbocycles. The van der Waals surface area contributed by atoms with E-state index in [1.807, 2.05) is 30.3 Å². The van der Waals surface area contributed by atoms with Crippen LogP contribution in [-0.4, -0.2) is 5.97 Å². The highest BCUT2D eigenvalue weighted by atomic mass is 19.1. The molecule has 0 aromatic heterocycles. The smallest absolute Gasteiger partial charge is 0.338 e. The minimum absolute atomic E-state index is 0.777. The predicted octanol–water partition coefficient (Wildman–Crippen LogP) is 2.68. The summed E-state index contributed by atoms with van der Waals surface area (Å²) in [5, 5.41) is 0. The Labute approximate surface area is 81.3 Å². The first-order valence-electron chi connectivity index (χ1n) is 3.98. The molecule has 72 valence electrons. The maximum atomic E-state index is 12.0. The van der Waals surface area contributed by atoms with E-state index >= 15 is 0 Å². The van der Waals surface area contributed by atoms with E-state index in [2.05, 4.69) is 11.3 Å². The monoisotopic (exact) mass is 192 g/mol. The molecule has 0 aliphatic rings. The van der Waals surface area contributed by atoms with Gasteiger partial charge in [0.25, 0.3) is 6.01 Å². The molecule has 0 fully saturated rings. The summed E-state index contributed by atoms with van der Waals surface area (Å²) in [6.07, 6.45) is 2.67. The van der Waals surface area contributed by atoms with E-state index in [1.54, 1.807) is 0 Å². The van der Waals surface area contributed by atoms with Gasteiger partial charge in [-0.25, -0.2) is 4.79 Å². The molecule has 0 saturated heterocycles. The zero-order chi connectivity index (χ0) is 10.4. The number of carbonyl (C=O) groups is 1. The molecule has 0 atom stereocenters. The van der Waals surface area contributed by atoms with Gasteiger partial charge in [0.2, 0.25) is 0 Å². The molecular formula is C11H9FO2. The number of hydrogen-bond acceptors (Lipinski definition) is 2. The van der Waals surface area contributed by atoms with Crippen molar-refractivity contribution < 1.29 is 13.9 Å². The van der Waals surface area contributed by atoms with E-state index in [-0.39, 0.29) is 0 Å². The summed E-state index contributed by atoms with van der Waals surface area (Å²) in [5.74, 6) is -0.777. The van der Waals surface area contributed by atoms with E-state index in [4.69, 9.17) is 0 Å². The number of rotatable bonds is 3. The van der Waals surface area contributed by atoms with Gasteiger partial charge in [-0.2, -0.15) is 4.39 Å². The summed E-state index contributed by atoms with van der Waals surface area (Å²) >= 11 is 0. The molecule has 14 heavy (non-hydrogen) atoms. The van der Waals surface area contributed by atoms with Crippen LogP contribution in [-0.2, 0) is 9.53 Å². The standard InChI is InChI=1S/C11H9FO2/c1-9(12)14-11(13)8-7-10-5-3-2-4-6-10/h2-8H,1H2/b8-7+. The van der Waals surface area contributed by atoms with Gasteiger partial charge in [0.1, 0.15) is 0 Å². The molecule has 1 rings (SSSR count). The van der Waals surface area contributed by atoms with Gasteiger partial charge in [-0.15, -0.1) is 0 Å². The van der Waals surface area contributed by atoms with Gasteiger partial charge in [-0.1, -0.05) is 30.3 Å².